The largest absolute Gasteiger partial charge is 0.360 e. The van der Waals surface area contributed by atoms with Gasteiger partial charge in [-0.15, -0.1) is 0 Å². The highest BCUT2D eigenvalue weighted by Crippen LogP contribution is 2.14. The average Bonchev–Trinajstić information content (AvgIpc) is 2.85. The minimum absolute atomic E-state index is 0.0325. The zero-order chi connectivity index (χ0) is 13.0. The standard InChI is InChI=1S/C10H8F2N6/c11-10(12)18-4-3-15-8(18)6-17-9-7(5-13)14-1-2-16-9/h1-4,10H,6H2,(H,16,17). The minimum atomic E-state index is -2.65. The first-order chi connectivity index (χ1) is 8.72. The van der Waals surface area contributed by atoms with Crippen LogP contribution < -0.4 is 5.32 Å². The Kier molecular flexibility index (Phi) is 3.43. The lowest BCUT2D eigenvalue weighted by molar-refractivity contribution is 0.0673. The maximum atomic E-state index is 12.5. The van der Waals surface area contributed by atoms with E-state index in [1.807, 2.05) is 6.07 Å². The van der Waals surface area contributed by atoms with Crippen LogP contribution in [0.5, 0.6) is 0 Å². The van der Waals surface area contributed by atoms with Crippen LogP contribution in [0.3, 0.4) is 0 Å². The number of aromatic nitrogens is 4. The molecule has 0 aliphatic carbocycles. The van der Waals surface area contributed by atoms with Crippen molar-refractivity contribution in [3.8, 4) is 6.07 Å². The molecule has 0 atom stereocenters. The molecule has 1 N–H and O–H groups in total. The molecule has 2 rings (SSSR count). The Balaban J connectivity index is 2.12. The predicted molar refractivity (Wildman–Crippen MR) is 57.6 cm³/mol. The summed E-state index contributed by atoms with van der Waals surface area (Å²) in [6.07, 6.45) is 5.25. The van der Waals surface area contributed by atoms with Crippen molar-refractivity contribution in [3.63, 3.8) is 0 Å². The van der Waals surface area contributed by atoms with Gasteiger partial charge in [-0.25, -0.2) is 15.0 Å². The van der Waals surface area contributed by atoms with Crippen LogP contribution >= 0.6 is 0 Å². The van der Waals surface area contributed by atoms with Gasteiger partial charge in [-0.1, -0.05) is 0 Å². The van der Waals surface area contributed by atoms with E-state index in [1.165, 1.54) is 24.8 Å². The highest BCUT2D eigenvalue weighted by Gasteiger charge is 2.12. The molecule has 2 heterocycles. The quantitative estimate of drug-likeness (QED) is 0.890. The SMILES string of the molecule is N#Cc1nccnc1NCc1nccn1C(F)F. The summed E-state index contributed by atoms with van der Waals surface area (Å²) >= 11 is 0. The number of nitrogens with one attached hydrogen (secondary N) is 1. The summed E-state index contributed by atoms with van der Waals surface area (Å²) in [5.74, 6) is 0.392. The first kappa shape index (κ1) is 11.9. The molecule has 0 bridgehead atoms. The molecule has 0 spiro atoms. The van der Waals surface area contributed by atoms with E-state index in [4.69, 9.17) is 5.26 Å². The van der Waals surface area contributed by atoms with Gasteiger partial charge in [0.05, 0.1) is 6.54 Å². The lowest BCUT2D eigenvalue weighted by Crippen LogP contribution is -2.10. The van der Waals surface area contributed by atoms with E-state index < -0.39 is 6.55 Å². The third kappa shape index (κ3) is 2.40. The maximum absolute atomic E-state index is 12.5. The second kappa shape index (κ2) is 5.18. The van der Waals surface area contributed by atoms with Gasteiger partial charge in [-0.3, -0.25) is 4.57 Å². The Bertz CT molecular complexity index is 574. The van der Waals surface area contributed by atoms with Crippen molar-refractivity contribution in [2.75, 3.05) is 5.32 Å². The molecule has 0 amide bonds. The van der Waals surface area contributed by atoms with Crippen LogP contribution in [0.4, 0.5) is 14.6 Å². The van der Waals surface area contributed by atoms with Crippen LogP contribution in [0, 0.1) is 11.3 Å². The van der Waals surface area contributed by atoms with Gasteiger partial charge in [0.15, 0.2) is 11.5 Å². The molecule has 2 aromatic rings. The van der Waals surface area contributed by atoms with Crippen LogP contribution in [0.25, 0.3) is 0 Å². The molecule has 2 aromatic heterocycles. The van der Waals surface area contributed by atoms with Crippen molar-refractivity contribution in [2.45, 2.75) is 13.1 Å². The van der Waals surface area contributed by atoms with Gasteiger partial charge in [0, 0.05) is 24.8 Å². The van der Waals surface area contributed by atoms with E-state index in [9.17, 15) is 8.78 Å². The van der Waals surface area contributed by atoms with Crippen LogP contribution in [0.2, 0.25) is 0 Å². The molecule has 0 aliphatic rings. The molecule has 18 heavy (non-hydrogen) atoms. The van der Waals surface area contributed by atoms with Crippen molar-refractivity contribution in [1.82, 2.24) is 19.5 Å². The Labute approximate surface area is 101 Å². The van der Waals surface area contributed by atoms with Gasteiger partial charge in [0.25, 0.3) is 0 Å². The summed E-state index contributed by atoms with van der Waals surface area (Å²) in [4.78, 5) is 11.5. The van der Waals surface area contributed by atoms with Crippen molar-refractivity contribution in [2.24, 2.45) is 0 Å². The van der Waals surface area contributed by atoms with E-state index in [-0.39, 0.29) is 23.9 Å². The number of hydrogen-bond donors (Lipinski definition) is 1. The number of hydrogen-bond acceptors (Lipinski definition) is 5. The molecule has 0 saturated carbocycles. The predicted octanol–water partition coefficient (Wildman–Crippen LogP) is 1.55. The molecule has 0 aromatic carbocycles. The number of alkyl halides is 2. The zero-order valence-corrected chi connectivity index (χ0v) is 9.09. The normalized spacial score (nSPS) is 10.3. The molecule has 0 radical (unpaired) electrons. The van der Waals surface area contributed by atoms with Gasteiger partial charge < -0.3 is 5.32 Å². The summed E-state index contributed by atoms with van der Waals surface area (Å²) in [6, 6.07) is 1.85. The molecule has 92 valence electrons. The summed E-state index contributed by atoms with van der Waals surface area (Å²) in [5, 5.41) is 11.5. The Morgan fingerprint density at radius 3 is 2.78 bits per heavy atom. The first-order valence-corrected chi connectivity index (χ1v) is 4.97. The van der Waals surface area contributed by atoms with E-state index in [0.717, 1.165) is 4.57 Å². The third-order valence-corrected chi connectivity index (χ3v) is 2.18. The molecule has 0 unspecified atom stereocenters. The number of anilines is 1. The third-order valence-electron chi connectivity index (χ3n) is 2.18. The van der Waals surface area contributed by atoms with Crippen LogP contribution in [0.1, 0.15) is 18.1 Å². The van der Waals surface area contributed by atoms with Gasteiger partial charge in [-0.2, -0.15) is 14.0 Å². The van der Waals surface area contributed by atoms with Crippen LogP contribution in [0.15, 0.2) is 24.8 Å². The molecule has 0 fully saturated rings. The number of halogens is 2. The number of rotatable bonds is 4. The van der Waals surface area contributed by atoms with Crippen molar-refractivity contribution in [1.29, 1.82) is 5.26 Å². The fraction of sp³-hybridized carbons (Fsp3) is 0.200. The van der Waals surface area contributed by atoms with Crippen LogP contribution in [-0.4, -0.2) is 19.5 Å². The van der Waals surface area contributed by atoms with E-state index in [2.05, 4.69) is 20.3 Å². The first-order valence-electron chi connectivity index (χ1n) is 4.97. The highest BCUT2D eigenvalue weighted by atomic mass is 19.3. The summed E-state index contributed by atoms with van der Waals surface area (Å²) < 4.78 is 25.8. The highest BCUT2D eigenvalue weighted by molar-refractivity contribution is 5.46. The summed E-state index contributed by atoms with van der Waals surface area (Å²) in [5.41, 5.74) is 0.104. The van der Waals surface area contributed by atoms with E-state index >= 15 is 0 Å². The van der Waals surface area contributed by atoms with E-state index in [0.29, 0.717) is 0 Å². The summed E-state index contributed by atoms with van der Waals surface area (Å²) in [6.45, 7) is -2.62. The molecular formula is C10H8F2N6. The molecule has 0 aliphatic heterocycles. The van der Waals surface area contributed by atoms with Gasteiger partial charge in [-0.05, 0) is 0 Å². The monoisotopic (exact) mass is 250 g/mol. The second-order valence-electron chi connectivity index (χ2n) is 3.25. The Hall–Kier alpha value is -2.56. The van der Waals surface area contributed by atoms with Crippen molar-refractivity contribution >= 4 is 5.82 Å². The zero-order valence-electron chi connectivity index (χ0n) is 9.09. The molecular weight excluding hydrogens is 242 g/mol. The average molecular weight is 250 g/mol. The fourth-order valence-corrected chi connectivity index (χ4v) is 1.37. The van der Waals surface area contributed by atoms with Crippen LogP contribution in [-0.2, 0) is 6.54 Å². The molecule has 6 nitrogen and oxygen atoms in total. The van der Waals surface area contributed by atoms with Gasteiger partial charge in [0.1, 0.15) is 11.9 Å². The van der Waals surface area contributed by atoms with Crippen molar-refractivity contribution < 1.29 is 8.78 Å². The lowest BCUT2D eigenvalue weighted by Gasteiger charge is -2.08. The smallest absolute Gasteiger partial charge is 0.319 e. The number of nitrogens with zero attached hydrogens (tertiary/aromatic N) is 5. The summed E-state index contributed by atoms with van der Waals surface area (Å²) in [7, 11) is 0. The maximum Gasteiger partial charge on any atom is 0.319 e. The Morgan fingerprint density at radius 2 is 2.06 bits per heavy atom. The molecule has 0 saturated heterocycles. The topological polar surface area (TPSA) is 79.4 Å². The molecule has 8 heteroatoms. The van der Waals surface area contributed by atoms with E-state index in [1.54, 1.807) is 0 Å². The second-order valence-corrected chi connectivity index (χ2v) is 3.25. The minimum Gasteiger partial charge on any atom is -0.360 e. The lowest BCUT2D eigenvalue weighted by atomic mass is 10.4. The number of imidazole rings is 1. The fourth-order valence-electron chi connectivity index (χ4n) is 1.37. The van der Waals surface area contributed by atoms with Crippen molar-refractivity contribution in [3.05, 3.63) is 36.3 Å². The van der Waals surface area contributed by atoms with Gasteiger partial charge in [0.2, 0.25) is 0 Å². The van der Waals surface area contributed by atoms with Gasteiger partial charge >= 0.3 is 6.55 Å². The Morgan fingerprint density at radius 1 is 1.28 bits per heavy atom. The number of nitriles is 1.